The van der Waals surface area contributed by atoms with Crippen LogP contribution < -0.4 is 10.6 Å². The number of carbonyl (C=O) groups excluding carboxylic acids is 1. The summed E-state index contributed by atoms with van der Waals surface area (Å²) in [5.41, 5.74) is 2.54. The topological polar surface area (TPSA) is 53.6 Å². The summed E-state index contributed by atoms with van der Waals surface area (Å²) in [5.74, 6) is 0.0271. The lowest BCUT2D eigenvalue weighted by Crippen LogP contribution is -2.51. The smallest absolute Gasteiger partial charge is 0.239 e. The van der Waals surface area contributed by atoms with Gasteiger partial charge in [0, 0.05) is 19.6 Å². The molecule has 1 unspecified atom stereocenters. The summed E-state index contributed by atoms with van der Waals surface area (Å²) in [5, 5.41) is 6.26. The first-order chi connectivity index (χ1) is 11.8. The van der Waals surface area contributed by atoms with Crippen LogP contribution >= 0.6 is 0 Å². The minimum Gasteiger partial charge on any atom is -0.378 e. The molecule has 2 fully saturated rings. The molecule has 2 aliphatic heterocycles. The molecule has 1 aromatic rings. The SMILES string of the molecule is O=C(NCc1ccccc1CN1CCCCCC1)C1COCCN1. The Bertz CT molecular complexity index is 521. The van der Waals surface area contributed by atoms with Gasteiger partial charge >= 0.3 is 0 Å². The number of nitrogens with zero attached hydrogens (tertiary/aromatic N) is 1. The third-order valence-corrected chi connectivity index (χ3v) is 4.90. The number of amides is 1. The van der Waals surface area contributed by atoms with Gasteiger partial charge in [0.1, 0.15) is 6.04 Å². The molecule has 2 aliphatic rings. The molecular formula is C19H29N3O2. The summed E-state index contributed by atoms with van der Waals surface area (Å²) in [4.78, 5) is 14.8. The summed E-state index contributed by atoms with van der Waals surface area (Å²) >= 11 is 0. The van der Waals surface area contributed by atoms with Crippen LogP contribution in [0.2, 0.25) is 0 Å². The highest BCUT2D eigenvalue weighted by atomic mass is 16.5. The van der Waals surface area contributed by atoms with Gasteiger partial charge in [0.25, 0.3) is 0 Å². The molecule has 1 amide bonds. The third kappa shape index (κ3) is 5.03. The molecule has 1 aromatic carbocycles. The monoisotopic (exact) mass is 331 g/mol. The van der Waals surface area contributed by atoms with Crippen molar-refractivity contribution in [2.75, 3.05) is 32.8 Å². The van der Waals surface area contributed by atoms with E-state index in [1.807, 2.05) is 0 Å². The molecule has 2 saturated heterocycles. The Morgan fingerprint density at radius 3 is 2.62 bits per heavy atom. The quantitative estimate of drug-likeness (QED) is 0.862. The van der Waals surface area contributed by atoms with Crippen LogP contribution in [0.4, 0.5) is 0 Å². The van der Waals surface area contributed by atoms with E-state index >= 15 is 0 Å². The molecule has 0 saturated carbocycles. The summed E-state index contributed by atoms with van der Waals surface area (Å²) in [6.07, 6.45) is 5.30. The number of morpholine rings is 1. The summed E-state index contributed by atoms with van der Waals surface area (Å²) in [6.45, 7) is 5.82. The summed E-state index contributed by atoms with van der Waals surface area (Å²) in [6, 6.07) is 8.23. The number of carbonyl (C=O) groups is 1. The van der Waals surface area contributed by atoms with Crippen LogP contribution in [0.15, 0.2) is 24.3 Å². The van der Waals surface area contributed by atoms with E-state index in [4.69, 9.17) is 4.74 Å². The average molecular weight is 331 g/mol. The van der Waals surface area contributed by atoms with E-state index in [9.17, 15) is 4.79 Å². The van der Waals surface area contributed by atoms with Gasteiger partial charge in [0.2, 0.25) is 5.91 Å². The van der Waals surface area contributed by atoms with Crippen molar-refractivity contribution < 1.29 is 9.53 Å². The highest BCUT2D eigenvalue weighted by Crippen LogP contribution is 2.16. The van der Waals surface area contributed by atoms with Crippen LogP contribution in [0.1, 0.15) is 36.8 Å². The summed E-state index contributed by atoms with van der Waals surface area (Å²) < 4.78 is 5.36. The predicted octanol–water partition coefficient (Wildman–Crippen LogP) is 1.67. The second-order valence-electron chi connectivity index (χ2n) is 6.76. The van der Waals surface area contributed by atoms with Gasteiger partial charge in [-0.3, -0.25) is 9.69 Å². The molecule has 3 rings (SSSR count). The fourth-order valence-corrected chi connectivity index (χ4v) is 3.46. The molecule has 132 valence electrons. The number of hydrogen-bond donors (Lipinski definition) is 2. The number of likely N-dealkylation sites (tertiary alicyclic amines) is 1. The zero-order valence-electron chi connectivity index (χ0n) is 14.4. The average Bonchev–Trinajstić information content (AvgIpc) is 2.90. The molecular weight excluding hydrogens is 302 g/mol. The number of hydrogen-bond acceptors (Lipinski definition) is 4. The first-order valence-electron chi connectivity index (χ1n) is 9.21. The van der Waals surface area contributed by atoms with Gasteiger partial charge in [-0.05, 0) is 37.1 Å². The van der Waals surface area contributed by atoms with Crippen LogP contribution in [0.5, 0.6) is 0 Å². The molecule has 2 heterocycles. The molecule has 0 spiro atoms. The van der Waals surface area contributed by atoms with Crippen molar-refractivity contribution in [3.05, 3.63) is 35.4 Å². The highest BCUT2D eigenvalue weighted by molar-refractivity contribution is 5.82. The fraction of sp³-hybridized carbons (Fsp3) is 0.632. The van der Waals surface area contributed by atoms with E-state index in [2.05, 4.69) is 39.8 Å². The maximum absolute atomic E-state index is 12.3. The van der Waals surface area contributed by atoms with Crippen LogP contribution in [-0.2, 0) is 22.6 Å². The minimum absolute atomic E-state index is 0.0271. The van der Waals surface area contributed by atoms with Gasteiger partial charge in [0.05, 0.1) is 13.2 Å². The number of nitrogens with one attached hydrogen (secondary N) is 2. The zero-order valence-corrected chi connectivity index (χ0v) is 14.4. The van der Waals surface area contributed by atoms with Gasteiger partial charge in [-0.2, -0.15) is 0 Å². The van der Waals surface area contributed by atoms with E-state index in [1.54, 1.807) is 0 Å². The van der Waals surface area contributed by atoms with Gasteiger partial charge in [0.15, 0.2) is 0 Å². The van der Waals surface area contributed by atoms with E-state index in [0.29, 0.717) is 19.8 Å². The Labute approximate surface area is 144 Å². The molecule has 0 bridgehead atoms. The molecule has 0 aliphatic carbocycles. The van der Waals surface area contributed by atoms with Crippen LogP contribution in [-0.4, -0.2) is 49.7 Å². The number of rotatable bonds is 5. The Kier molecular flexibility index (Phi) is 6.64. The standard InChI is InChI=1S/C19H29N3O2/c23-19(18-15-24-12-9-20-18)21-13-16-7-3-4-8-17(16)14-22-10-5-1-2-6-11-22/h3-4,7-8,18,20H,1-2,5-6,9-15H2,(H,21,23). The Morgan fingerprint density at radius 2 is 1.92 bits per heavy atom. The van der Waals surface area contributed by atoms with E-state index in [0.717, 1.165) is 13.1 Å². The van der Waals surface area contributed by atoms with Crippen molar-refractivity contribution in [1.82, 2.24) is 15.5 Å². The Hall–Kier alpha value is -1.43. The van der Waals surface area contributed by atoms with E-state index in [-0.39, 0.29) is 11.9 Å². The summed E-state index contributed by atoms with van der Waals surface area (Å²) in [7, 11) is 0. The first kappa shape index (κ1) is 17.4. The van der Waals surface area contributed by atoms with Crippen molar-refractivity contribution in [3.63, 3.8) is 0 Å². The van der Waals surface area contributed by atoms with Crippen molar-refractivity contribution >= 4 is 5.91 Å². The normalized spacial score (nSPS) is 22.8. The minimum atomic E-state index is -0.225. The van der Waals surface area contributed by atoms with Crippen LogP contribution in [0, 0.1) is 0 Å². The maximum atomic E-state index is 12.3. The van der Waals surface area contributed by atoms with Crippen LogP contribution in [0.25, 0.3) is 0 Å². The lowest BCUT2D eigenvalue weighted by molar-refractivity contribution is -0.126. The van der Waals surface area contributed by atoms with E-state index in [1.165, 1.54) is 49.9 Å². The molecule has 0 radical (unpaired) electrons. The third-order valence-electron chi connectivity index (χ3n) is 4.90. The van der Waals surface area contributed by atoms with Crippen molar-refractivity contribution in [1.29, 1.82) is 0 Å². The highest BCUT2D eigenvalue weighted by Gasteiger charge is 2.21. The van der Waals surface area contributed by atoms with Crippen molar-refractivity contribution in [2.45, 2.75) is 44.8 Å². The van der Waals surface area contributed by atoms with Crippen molar-refractivity contribution in [3.8, 4) is 0 Å². The maximum Gasteiger partial charge on any atom is 0.239 e. The van der Waals surface area contributed by atoms with Gasteiger partial charge < -0.3 is 15.4 Å². The lowest BCUT2D eigenvalue weighted by Gasteiger charge is -2.24. The molecule has 5 heteroatoms. The Morgan fingerprint density at radius 1 is 1.17 bits per heavy atom. The number of benzene rings is 1. The van der Waals surface area contributed by atoms with E-state index < -0.39 is 0 Å². The molecule has 2 N–H and O–H groups in total. The van der Waals surface area contributed by atoms with Crippen LogP contribution in [0.3, 0.4) is 0 Å². The fourth-order valence-electron chi connectivity index (χ4n) is 3.46. The van der Waals surface area contributed by atoms with Gasteiger partial charge in [-0.25, -0.2) is 0 Å². The molecule has 5 nitrogen and oxygen atoms in total. The predicted molar refractivity (Wildman–Crippen MR) is 94.6 cm³/mol. The second kappa shape index (κ2) is 9.16. The van der Waals surface area contributed by atoms with Crippen molar-refractivity contribution in [2.24, 2.45) is 0 Å². The molecule has 24 heavy (non-hydrogen) atoms. The lowest BCUT2D eigenvalue weighted by atomic mass is 10.1. The zero-order chi connectivity index (χ0) is 16.6. The van der Waals surface area contributed by atoms with Gasteiger partial charge in [-0.1, -0.05) is 37.1 Å². The first-order valence-corrected chi connectivity index (χ1v) is 9.21. The Balaban J connectivity index is 1.56. The molecule has 0 aromatic heterocycles. The van der Waals surface area contributed by atoms with Gasteiger partial charge in [-0.15, -0.1) is 0 Å². The second-order valence-corrected chi connectivity index (χ2v) is 6.76. The largest absolute Gasteiger partial charge is 0.378 e. The molecule has 1 atom stereocenters. The number of ether oxygens (including phenoxy) is 1.